The minimum absolute atomic E-state index is 0.103. The van der Waals surface area contributed by atoms with Crippen LogP contribution in [0.4, 0.5) is 10.5 Å². The van der Waals surface area contributed by atoms with Gasteiger partial charge in [0.1, 0.15) is 17.2 Å². The van der Waals surface area contributed by atoms with E-state index in [1.807, 2.05) is 6.07 Å². The number of aliphatic hydroxyl groups is 1. The third-order valence-electron chi connectivity index (χ3n) is 4.31. The van der Waals surface area contributed by atoms with Crippen molar-refractivity contribution in [3.8, 4) is 11.5 Å². The smallest absolute Gasteiger partial charge is 0.422 e. The van der Waals surface area contributed by atoms with Crippen LogP contribution >= 0.6 is 0 Å². The molecule has 0 aromatic heterocycles. The second kappa shape index (κ2) is 6.93. The maximum absolute atomic E-state index is 12.8. The van der Waals surface area contributed by atoms with Crippen LogP contribution in [0.2, 0.25) is 0 Å². The Balaban J connectivity index is 1.92. The molecule has 5 heteroatoms. The summed E-state index contributed by atoms with van der Waals surface area (Å²) < 4.78 is 5.44. The number of hydrogen-bond acceptors (Lipinski definition) is 4. The quantitative estimate of drug-likeness (QED) is 0.834. The summed E-state index contributed by atoms with van der Waals surface area (Å²) in [5.74, 6) is 0.524. The van der Waals surface area contributed by atoms with Gasteiger partial charge in [0.05, 0.1) is 5.69 Å². The van der Waals surface area contributed by atoms with Crippen LogP contribution in [0.5, 0.6) is 11.5 Å². The molecule has 5 nitrogen and oxygen atoms in total. The van der Waals surface area contributed by atoms with Crippen LogP contribution in [0.25, 0.3) is 0 Å². The van der Waals surface area contributed by atoms with Gasteiger partial charge in [0.25, 0.3) is 0 Å². The van der Waals surface area contributed by atoms with Crippen LogP contribution in [0.3, 0.4) is 0 Å². The predicted octanol–water partition coefficient (Wildman–Crippen LogP) is 4.05. The van der Waals surface area contributed by atoms with Gasteiger partial charge in [0.15, 0.2) is 0 Å². The van der Waals surface area contributed by atoms with Crippen LogP contribution in [-0.2, 0) is 0 Å². The van der Waals surface area contributed by atoms with E-state index in [1.165, 1.54) is 17.0 Å². The van der Waals surface area contributed by atoms with E-state index in [0.717, 1.165) is 19.3 Å². The van der Waals surface area contributed by atoms with E-state index in [0.29, 0.717) is 24.3 Å². The molecular formula is C19H21NO4. The Hall–Kier alpha value is -2.53. The molecule has 3 rings (SSSR count). The molecular weight excluding hydrogens is 306 g/mol. The fourth-order valence-corrected chi connectivity index (χ4v) is 3.09. The van der Waals surface area contributed by atoms with Crippen LogP contribution < -0.4 is 9.64 Å². The molecule has 24 heavy (non-hydrogen) atoms. The SMILES string of the molecule is O=C(Oc1ccccc1)N(c1ccc(O)cc1)C1(O)CCCCC1. The van der Waals surface area contributed by atoms with Gasteiger partial charge in [0.2, 0.25) is 0 Å². The largest absolute Gasteiger partial charge is 0.508 e. The Morgan fingerprint density at radius 1 is 0.958 bits per heavy atom. The Bertz CT molecular complexity index is 678. The van der Waals surface area contributed by atoms with Crippen molar-refractivity contribution in [3.63, 3.8) is 0 Å². The van der Waals surface area contributed by atoms with Crippen molar-refractivity contribution in [2.24, 2.45) is 0 Å². The van der Waals surface area contributed by atoms with Gasteiger partial charge in [-0.2, -0.15) is 0 Å². The van der Waals surface area contributed by atoms with Gasteiger partial charge in [-0.25, -0.2) is 9.69 Å². The lowest BCUT2D eigenvalue weighted by Gasteiger charge is -2.41. The van der Waals surface area contributed by atoms with E-state index in [1.54, 1.807) is 36.4 Å². The summed E-state index contributed by atoms with van der Waals surface area (Å²) in [7, 11) is 0. The fourth-order valence-electron chi connectivity index (χ4n) is 3.09. The third-order valence-corrected chi connectivity index (χ3v) is 4.31. The normalized spacial score (nSPS) is 16.4. The second-order valence-corrected chi connectivity index (χ2v) is 6.08. The van der Waals surface area contributed by atoms with Gasteiger partial charge in [-0.05, 0) is 62.1 Å². The first kappa shape index (κ1) is 16.3. The maximum atomic E-state index is 12.8. The summed E-state index contributed by atoms with van der Waals surface area (Å²) in [6.45, 7) is 0. The zero-order valence-corrected chi connectivity index (χ0v) is 13.4. The molecule has 0 heterocycles. The number of phenols is 1. The van der Waals surface area contributed by atoms with E-state index >= 15 is 0 Å². The molecule has 2 aromatic carbocycles. The first-order valence-electron chi connectivity index (χ1n) is 8.17. The molecule has 0 saturated heterocycles. The first-order valence-corrected chi connectivity index (χ1v) is 8.17. The predicted molar refractivity (Wildman–Crippen MR) is 91.1 cm³/mol. The lowest BCUT2D eigenvalue weighted by molar-refractivity contribution is 0.00433. The highest BCUT2D eigenvalue weighted by Crippen LogP contribution is 2.36. The Labute approximate surface area is 141 Å². The Kier molecular flexibility index (Phi) is 4.71. The van der Waals surface area contributed by atoms with Gasteiger partial charge in [-0.3, -0.25) is 0 Å². The Morgan fingerprint density at radius 2 is 1.58 bits per heavy atom. The number of carbonyl (C=O) groups excluding carboxylic acids is 1. The van der Waals surface area contributed by atoms with Crippen LogP contribution in [0.1, 0.15) is 32.1 Å². The number of anilines is 1. The number of carbonyl (C=O) groups is 1. The molecule has 126 valence electrons. The number of benzene rings is 2. The van der Waals surface area contributed by atoms with E-state index in [9.17, 15) is 15.0 Å². The van der Waals surface area contributed by atoms with Crippen molar-refractivity contribution >= 4 is 11.8 Å². The number of nitrogens with zero attached hydrogens (tertiary/aromatic N) is 1. The molecule has 0 unspecified atom stereocenters. The molecule has 1 fully saturated rings. The molecule has 0 aliphatic heterocycles. The molecule has 2 aromatic rings. The molecule has 0 bridgehead atoms. The first-order chi connectivity index (χ1) is 11.6. The number of phenolic OH excluding ortho intramolecular Hbond substituents is 1. The van der Waals surface area contributed by atoms with E-state index in [2.05, 4.69) is 0 Å². The standard InChI is InChI=1S/C19H21NO4/c21-16-11-9-15(10-12-16)20(19(23)13-5-2-6-14-19)18(22)24-17-7-3-1-4-8-17/h1,3-4,7-12,21,23H,2,5-6,13-14H2. The van der Waals surface area contributed by atoms with E-state index < -0.39 is 11.8 Å². The molecule has 0 radical (unpaired) electrons. The van der Waals surface area contributed by atoms with Gasteiger partial charge in [-0.15, -0.1) is 0 Å². The van der Waals surface area contributed by atoms with Gasteiger partial charge in [0, 0.05) is 0 Å². The number of aromatic hydroxyl groups is 1. The second-order valence-electron chi connectivity index (χ2n) is 6.08. The molecule has 0 atom stereocenters. The lowest BCUT2D eigenvalue weighted by atomic mass is 9.90. The minimum Gasteiger partial charge on any atom is -0.508 e. The van der Waals surface area contributed by atoms with Crippen LogP contribution in [0, 0.1) is 0 Å². The molecule has 1 aliphatic carbocycles. The fraction of sp³-hybridized carbons (Fsp3) is 0.316. The minimum atomic E-state index is -1.28. The van der Waals surface area contributed by atoms with E-state index in [4.69, 9.17) is 4.74 Å². The highest BCUT2D eigenvalue weighted by Gasteiger charge is 2.41. The summed E-state index contributed by atoms with van der Waals surface area (Å²) in [6, 6.07) is 15.0. The molecule has 1 aliphatic rings. The summed E-state index contributed by atoms with van der Waals surface area (Å²) in [5.41, 5.74) is -0.778. The Morgan fingerprint density at radius 3 is 2.21 bits per heavy atom. The summed E-state index contributed by atoms with van der Waals surface area (Å²) in [4.78, 5) is 14.1. The molecule has 1 amide bonds. The van der Waals surface area contributed by atoms with Crippen molar-refractivity contribution in [1.82, 2.24) is 0 Å². The number of ether oxygens (including phenoxy) is 1. The summed E-state index contributed by atoms with van der Waals surface area (Å²) in [5, 5.41) is 20.6. The van der Waals surface area contributed by atoms with Crippen molar-refractivity contribution in [1.29, 1.82) is 0 Å². The number of rotatable bonds is 3. The zero-order valence-electron chi connectivity index (χ0n) is 13.4. The lowest BCUT2D eigenvalue weighted by Crippen LogP contribution is -2.54. The number of para-hydroxylation sites is 1. The van der Waals surface area contributed by atoms with Crippen molar-refractivity contribution in [2.75, 3.05) is 4.90 Å². The molecule has 0 spiro atoms. The van der Waals surface area contributed by atoms with Crippen molar-refractivity contribution < 1.29 is 19.7 Å². The highest BCUT2D eigenvalue weighted by molar-refractivity contribution is 5.90. The maximum Gasteiger partial charge on any atom is 0.422 e. The van der Waals surface area contributed by atoms with Crippen LogP contribution in [-0.4, -0.2) is 22.0 Å². The topological polar surface area (TPSA) is 70.0 Å². The number of amides is 1. The monoisotopic (exact) mass is 327 g/mol. The molecule has 2 N–H and O–H groups in total. The average Bonchev–Trinajstić information content (AvgIpc) is 2.58. The zero-order chi connectivity index (χ0) is 17.0. The summed E-state index contributed by atoms with van der Waals surface area (Å²) >= 11 is 0. The highest BCUT2D eigenvalue weighted by atomic mass is 16.6. The molecule has 1 saturated carbocycles. The number of hydrogen-bond donors (Lipinski definition) is 2. The van der Waals surface area contributed by atoms with Crippen LogP contribution in [0.15, 0.2) is 54.6 Å². The van der Waals surface area contributed by atoms with Gasteiger partial charge in [-0.1, -0.05) is 24.6 Å². The average molecular weight is 327 g/mol. The van der Waals surface area contributed by atoms with Gasteiger partial charge < -0.3 is 14.9 Å². The summed E-state index contributed by atoms with van der Waals surface area (Å²) in [6.07, 6.45) is 3.11. The third kappa shape index (κ3) is 3.51. The van der Waals surface area contributed by atoms with Gasteiger partial charge >= 0.3 is 6.09 Å². The van der Waals surface area contributed by atoms with Crippen molar-refractivity contribution in [3.05, 3.63) is 54.6 Å². The van der Waals surface area contributed by atoms with E-state index in [-0.39, 0.29) is 5.75 Å². The van der Waals surface area contributed by atoms with Crippen molar-refractivity contribution in [2.45, 2.75) is 37.8 Å².